The van der Waals surface area contributed by atoms with Gasteiger partial charge in [0, 0.05) is 4.92 Å². The monoisotopic (exact) mass is 256 g/mol. The molecule has 1 aromatic rings. The van der Waals surface area contributed by atoms with Gasteiger partial charge in [0.2, 0.25) is 0 Å². The Kier molecular flexibility index (Phi) is 3.39. The van der Waals surface area contributed by atoms with Crippen molar-refractivity contribution < 1.29 is 4.92 Å². The van der Waals surface area contributed by atoms with E-state index in [1.165, 1.54) is 0 Å². The molecule has 0 fully saturated rings. The van der Waals surface area contributed by atoms with Crippen LogP contribution in [-0.2, 0) is 0 Å². The number of nitriles is 1. The van der Waals surface area contributed by atoms with Crippen LogP contribution in [0.3, 0.4) is 0 Å². The lowest BCUT2D eigenvalue weighted by atomic mass is 9.69. The van der Waals surface area contributed by atoms with Gasteiger partial charge in [0.05, 0.1) is 12.3 Å². The molecule has 0 aromatic heterocycles. The molecule has 4 nitrogen and oxygen atoms in total. The zero-order valence-electron chi connectivity index (χ0n) is 11.1. The van der Waals surface area contributed by atoms with E-state index in [2.05, 4.69) is 0 Å². The Morgan fingerprint density at radius 2 is 1.95 bits per heavy atom. The van der Waals surface area contributed by atoms with Gasteiger partial charge in [-0.2, -0.15) is 5.26 Å². The average Bonchev–Trinajstić information content (AvgIpc) is 2.42. The van der Waals surface area contributed by atoms with Gasteiger partial charge in [-0.25, -0.2) is 0 Å². The maximum absolute atomic E-state index is 11.5. The highest BCUT2D eigenvalue weighted by molar-refractivity contribution is 5.35. The molecule has 0 heterocycles. The van der Waals surface area contributed by atoms with Gasteiger partial charge in [0.25, 0.3) is 0 Å². The van der Waals surface area contributed by atoms with Gasteiger partial charge in [0.1, 0.15) is 6.07 Å². The van der Waals surface area contributed by atoms with Crippen LogP contribution in [0.15, 0.2) is 41.5 Å². The lowest BCUT2D eigenvalue weighted by molar-refractivity contribution is -0.557. The van der Waals surface area contributed by atoms with Crippen LogP contribution in [0.4, 0.5) is 0 Å². The average molecular weight is 256 g/mol. The van der Waals surface area contributed by atoms with Crippen LogP contribution < -0.4 is 0 Å². The number of nitrogens with zero attached hydrogens (tertiary/aromatic N) is 2. The van der Waals surface area contributed by atoms with Gasteiger partial charge in [0.15, 0.2) is 0 Å². The molecule has 1 aromatic carbocycles. The standard InChI is InChI=1S/C15H16N2O2/c1-11-8-14(13-6-4-3-5-7-13)15(10-16,17(18)19)9-12(11)2/h3-7,14H,8-9H2,1-2H3. The van der Waals surface area contributed by atoms with Crippen molar-refractivity contribution in [1.29, 1.82) is 5.26 Å². The predicted molar refractivity (Wildman–Crippen MR) is 72.1 cm³/mol. The summed E-state index contributed by atoms with van der Waals surface area (Å²) in [6, 6.07) is 11.3. The Morgan fingerprint density at radius 1 is 1.32 bits per heavy atom. The number of benzene rings is 1. The maximum atomic E-state index is 11.5. The van der Waals surface area contributed by atoms with E-state index >= 15 is 0 Å². The van der Waals surface area contributed by atoms with Gasteiger partial charge in [-0.3, -0.25) is 10.1 Å². The third-order valence-corrected chi connectivity index (χ3v) is 4.07. The third kappa shape index (κ3) is 2.12. The van der Waals surface area contributed by atoms with Gasteiger partial charge < -0.3 is 0 Å². The van der Waals surface area contributed by atoms with Gasteiger partial charge in [-0.15, -0.1) is 0 Å². The molecule has 0 saturated carbocycles. The Hall–Kier alpha value is -2.15. The highest BCUT2D eigenvalue weighted by Gasteiger charge is 2.54. The Labute approximate surface area is 112 Å². The zero-order chi connectivity index (χ0) is 14.0. The van der Waals surface area contributed by atoms with E-state index in [9.17, 15) is 15.4 Å². The van der Waals surface area contributed by atoms with Crippen molar-refractivity contribution in [2.75, 3.05) is 0 Å². The molecule has 0 radical (unpaired) electrons. The molecule has 0 amide bonds. The van der Waals surface area contributed by atoms with Crippen LogP contribution >= 0.6 is 0 Å². The van der Waals surface area contributed by atoms with Crippen molar-refractivity contribution in [3.05, 3.63) is 57.2 Å². The summed E-state index contributed by atoms with van der Waals surface area (Å²) < 4.78 is 0. The van der Waals surface area contributed by atoms with Crippen molar-refractivity contribution >= 4 is 0 Å². The molecule has 0 N–H and O–H groups in total. The molecule has 0 spiro atoms. The summed E-state index contributed by atoms with van der Waals surface area (Å²) in [5, 5.41) is 20.9. The fraction of sp³-hybridized carbons (Fsp3) is 0.400. The lowest BCUT2D eigenvalue weighted by Crippen LogP contribution is -2.45. The SMILES string of the molecule is CC1=C(C)CC(C#N)([N+](=O)[O-])C(c2ccccc2)C1. The van der Waals surface area contributed by atoms with E-state index in [-0.39, 0.29) is 12.3 Å². The Morgan fingerprint density at radius 3 is 2.47 bits per heavy atom. The van der Waals surface area contributed by atoms with Crippen molar-refractivity contribution in [2.45, 2.75) is 38.1 Å². The van der Waals surface area contributed by atoms with Crippen molar-refractivity contribution in [3.8, 4) is 6.07 Å². The normalized spacial score (nSPS) is 26.9. The van der Waals surface area contributed by atoms with Crippen LogP contribution in [0.25, 0.3) is 0 Å². The minimum atomic E-state index is -1.54. The molecule has 2 rings (SSSR count). The number of nitro groups is 1. The number of allylic oxidation sites excluding steroid dienone is 1. The Balaban J connectivity index is 2.56. The summed E-state index contributed by atoms with van der Waals surface area (Å²) in [6.45, 7) is 3.87. The van der Waals surface area contributed by atoms with Crippen LogP contribution in [0.1, 0.15) is 38.2 Å². The molecule has 0 aliphatic heterocycles. The largest absolute Gasteiger partial charge is 0.316 e. The second-order valence-corrected chi connectivity index (χ2v) is 5.20. The minimum Gasteiger partial charge on any atom is -0.263 e. The van der Waals surface area contributed by atoms with Crippen molar-refractivity contribution in [2.24, 2.45) is 0 Å². The van der Waals surface area contributed by atoms with E-state index < -0.39 is 10.5 Å². The third-order valence-electron chi connectivity index (χ3n) is 4.07. The molecular weight excluding hydrogens is 240 g/mol. The first kappa shape index (κ1) is 13.3. The van der Waals surface area contributed by atoms with E-state index in [1.807, 2.05) is 50.2 Å². The Bertz CT molecular complexity index is 572. The van der Waals surface area contributed by atoms with Crippen LogP contribution in [-0.4, -0.2) is 10.5 Å². The minimum absolute atomic E-state index is 0.210. The molecular formula is C15H16N2O2. The molecule has 0 bridgehead atoms. The molecule has 0 saturated heterocycles. The first-order valence-corrected chi connectivity index (χ1v) is 6.27. The van der Waals surface area contributed by atoms with Crippen molar-refractivity contribution in [1.82, 2.24) is 0 Å². The fourth-order valence-corrected chi connectivity index (χ4v) is 2.76. The summed E-state index contributed by atoms with van der Waals surface area (Å²) in [4.78, 5) is 11.1. The summed E-state index contributed by atoms with van der Waals surface area (Å²) in [7, 11) is 0. The highest BCUT2D eigenvalue weighted by atomic mass is 16.6. The van der Waals surface area contributed by atoms with Crippen LogP contribution in [0, 0.1) is 21.4 Å². The van der Waals surface area contributed by atoms with E-state index in [0.29, 0.717) is 6.42 Å². The second kappa shape index (κ2) is 4.85. The summed E-state index contributed by atoms with van der Waals surface area (Å²) >= 11 is 0. The van der Waals surface area contributed by atoms with Crippen molar-refractivity contribution in [3.63, 3.8) is 0 Å². The molecule has 1 aliphatic rings. The molecule has 2 unspecified atom stereocenters. The van der Waals surface area contributed by atoms with Gasteiger partial charge in [-0.05, 0) is 25.8 Å². The quantitative estimate of drug-likeness (QED) is 0.462. The van der Waals surface area contributed by atoms with Crippen LogP contribution in [0.2, 0.25) is 0 Å². The summed E-state index contributed by atoms with van der Waals surface area (Å²) in [6.07, 6.45) is 0.784. The highest BCUT2D eigenvalue weighted by Crippen LogP contribution is 2.44. The first-order valence-electron chi connectivity index (χ1n) is 6.27. The molecule has 2 atom stereocenters. The first-order chi connectivity index (χ1) is 9.01. The molecule has 4 heteroatoms. The molecule has 1 aliphatic carbocycles. The number of hydrogen-bond acceptors (Lipinski definition) is 3. The summed E-state index contributed by atoms with van der Waals surface area (Å²) in [5.74, 6) is -0.377. The zero-order valence-corrected chi connectivity index (χ0v) is 11.1. The fourth-order valence-electron chi connectivity index (χ4n) is 2.76. The molecule has 98 valence electrons. The van der Waals surface area contributed by atoms with Gasteiger partial charge in [-0.1, -0.05) is 41.5 Å². The van der Waals surface area contributed by atoms with Crippen LogP contribution in [0.5, 0.6) is 0 Å². The number of rotatable bonds is 2. The predicted octanol–water partition coefficient (Wildman–Crippen LogP) is 3.44. The lowest BCUT2D eigenvalue weighted by Gasteiger charge is -2.33. The second-order valence-electron chi connectivity index (χ2n) is 5.20. The topological polar surface area (TPSA) is 66.9 Å². The number of hydrogen-bond donors (Lipinski definition) is 0. The van der Waals surface area contributed by atoms with E-state index in [4.69, 9.17) is 0 Å². The van der Waals surface area contributed by atoms with Gasteiger partial charge >= 0.3 is 5.54 Å². The summed E-state index contributed by atoms with van der Waals surface area (Å²) in [5.41, 5.74) is 1.45. The molecule has 19 heavy (non-hydrogen) atoms. The van der Waals surface area contributed by atoms with E-state index in [1.54, 1.807) is 0 Å². The van der Waals surface area contributed by atoms with E-state index in [0.717, 1.165) is 16.7 Å². The smallest absolute Gasteiger partial charge is 0.263 e. The maximum Gasteiger partial charge on any atom is 0.316 e.